The molecule has 1 aromatic heterocycles. The summed E-state index contributed by atoms with van der Waals surface area (Å²) in [4.78, 5) is 45.3. The van der Waals surface area contributed by atoms with Crippen LogP contribution < -0.4 is 31.9 Å². The topological polar surface area (TPSA) is 141 Å². The van der Waals surface area contributed by atoms with E-state index < -0.39 is 5.91 Å². The fraction of sp³-hybridized carbons (Fsp3) is 0.562. The zero-order valence-electron chi connectivity index (χ0n) is 24.6. The first-order valence-corrected chi connectivity index (χ1v) is 15.5. The smallest absolute Gasteiger partial charge is 0.253 e. The Morgan fingerprint density at radius 2 is 1.79 bits per heavy atom. The zero-order chi connectivity index (χ0) is 29.4. The van der Waals surface area contributed by atoms with E-state index in [0.29, 0.717) is 34.2 Å². The van der Waals surface area contributed by atoms with E-state index in [1.165, 1.54) is 12.8 Å². The second-order valence-corrected chi connectivity index (χ2v) is 13.0. The SMILES string of the molecule is CC(C)[C@]1(NC(=O)c2ccc(N3C4CCC3CC(NC(=O)c3ccc(C(N)=O)c(NCC5CC5)c3)C4)nc2)CCNC1. The number of nitrogens with zero attached hydrogens (tertiary/aromatic N) is 2. The second kappa shape index (κ2) is 11.6. The molecule has 3 saturated heterocycles. The van der Waals surface area contributed by atoms with Gasteiger partial charge in [0.15, 0.2) is 0 Å². The van der Waals surface area contributed by atoms with Crippen LogP contribution in [-0.4, -0.2) is 66.0 Å². The Morgan fingerprint density at radius 3 is 2.38 bits per heavy atom. The number of hydrogen-bond donors (Lipinski definition) is 5. The molecule has 3 aliphatic heterocycles. The molecule has 0 radical (unpaired) electrons. The minimum absolute atomic E-state index is 0.0576. The van der Waals surface area contributed by atoms with Gasteiger partial charge in [-0.2, -0.15) is 0 Å². The van der Waals surface area contributed by atoms with Crippen molar-refractivity contribution in [2.45, 2.75) is 82.5 Å². The summed E-state index contributed by atoms with van der Waals surface area (Å²) >= 11 is 0. The van der Waals surface area contributed by atoms with Gasteiger partial charge in [0.1, 0.15) is 5.82 Å². The summed E-state index contributed by atoms with van der Waals surface area (Å²) in [6.07, 6.45) is 8.76. The van der Waals surface area contributed by atoms with Crippen molar-refractivity contribution in [3.63, 3.8) is 0 Å². The molecule has 4 heterocycles. The Labute approximate surface area is 247 Å². The van der Waals surface area contributed by atoms with E-state index in [1.807, 2.05) is 12.1 Å². The van der Waals surface area contributed by atoms with Gasteiger partial charge in [-0.15, -0.1) is 0 Å². The van der Waals surface area contributed by atoms with Crippen LogP contribution in [-0.2, 0) is 0 Å². The molecule has 4 fully saturated rings. The van der Waals surface area contributed by atoms with Crippen LogP contribution in [0.4, 0.5) is 11.5 Å². The highest BCUT2D eigenvalue weighted by Gasteiger charge is 2.42. The molecule has 10 heteroatoms. The number of nitrogens with two attached hydrogens (primary N) is 1. The molecule has 4 aliphatic rings. The van der Waals surface area contributed by atoms with Gasteiger partial charge in [-0.1, -0.05) is 13.8 Å². The highest BCUT2D eigenvalue weighted by Crippen LogP contribution is 2.39. The van der Waals surface area contributed by atoms with E-state index >= 15 is 0 Å². The molecular weight excluding hydrogens is 530 g/mol. The maximum Gasteiger partial charge on any atom is 0.253 e. The van der Waals surface area contributed by atoms with Gasteiger partial charge < -0.3 is 31.9 Å². The number of rotatable bonds is 10. The largest absolute Gasteiger partial charge is 0.384 e. The zero-order valence-corrected chi connectivity index (χ0v) is 24.6. The van der Waals surface area contributed by atoms with Gasteiger partial charge in [0.2, 0.25) is 0 Å². The summed E-state index contributed by atoms with van der Waals surface area (Å²) in [5, 5.41) is 13.2. The average Bonchev–Trinajstić information content (AvgIpc) is 3.62. The van der Waals surface area contributed by atoms with Crippen LogP contribution in [0.1, 0.15) is 89.9 Å². The first-order chi connectivity index (χ1) is 20.2. The molecule has 6 N–H and O–H groups in total. The van der Waals surface area contributed by atoms with E-state index in [2.05, 4.69) is 40.0 Å². The van der Waals surface area contributed by atoms with Crippen molar-refractivity contribution in [3.8, 4) is 0 Å². The van der Waals surface area contributed by atoms with Crippen LogP contribution in [0.25, 0.3) is 0 Å². The summed E-state index contributed by atoms with van der Waals surface area (Å²) in [5.41, 5.74) is 7.48. The second-order valence-electron chi connectivity index (χ2n) is 13.0. The quantitative estimate of drug-likeness (QED) is 0.294. The molecule has 2 bridgehead atoms. The third-order valence-corrected chi connectivity index (χ3v) is 9.82. The lowest BCUT2D eigenvalue weighted by atomic mass is 9.85. The molecule has 2 unspecified atom stereocenters. The van der Waals surface area contributed by atoms with Gasteiger partial charge in [-0.3, -0.25) is 14.4 Å². The third-order valence-electron chi connectivity index (χ3n) is 9.82. The van der Waals surface area contributed by atoms with Crippen LogP contribution in [0.3, 0.4) is 0 Å². The molecule has 1 aromatic carbocycles. The average molecular weight is 574 g/mol. The summed E-state index contributed by atoms with van der Waals surface area (Å²) in [7, 11) is 0. The van der Waals surface area contributed by atoms with E-state index in [0.717, 1.165) is 57.6 Å². The van der Waals surface area contributed by atoms with Gasteiger partial charge >= 0.3 is 0 Å². The number of amides is 3. The molecular formula is C32H43N7O3. The molecule has 3 atom stereocenters. The number of carbonyl (C=O) groups is 3. The summed E-state index contributed by atoms with van der Waals surface area (Å²) in [6.45, 7) is 6.78. The van der Waals surface area contributed by atoms with E-state index in [-0.39, 0.29) is 35.5 Å². The predicted octanol–water partition coefficient (Wildman–Crippen LogP) is 3.05. The first-order valence-electron chi connectivity index (χ1n) is 15.5. The standard InChI is InChI=1S/C32H43N7O3/c1-19(2)32(11-12-34-18-32)38-31(42)22-6-10-28(36-17-22)39-24-7-8-25(39)15-23(14-24)37-30(41)21-5-9-26(29(33)40)27(13-21)35-16-20-3-4-20/h5-6,9-10,13,17,19-20,23-25,34-35H,3-4,7-8,11-12,14-16,18H2,1-2H3,(H2,33,40)(H,37,41)(H,38,42)/t23?,24?,25?,32-/m0/s1. The Balaban J connectivity index is 1.08. The number of carbonyl (C=O) groups excluding carboxylic acids is 3. The van der Waals surface area contributed by atoms with Crippen molar-refractivity contribution >= 4 is 29.2 Å². The number of aromatic nitrogens is 1. The molecule has 3 amide bonds. The summed E-state index contributed by atoms with van der Waals surface area (Å²) in [5.74, 6) is 1.13. The number of nitrogens with one attached hydrogen (secondary N) is 4. The lowest BCUT2D eigenvalue weighted by Crippen LogP contribution is -2.54. The first kappa shape index (κ1) is 28.5. The van der Waals surface area contributed by atoms with E-state index in [4.69, 9.17) is 10.7 Å². The Bertz CT molecular complexity index is 1320. The number of benzene rings is 1. The van der Waals surface area contributed by atoms with Crippen LogP contribution in [0, 0.1) is 11.8 Å². The molecule has 6 rings (SSSR count). The molecule has 1 saturated carbocycles. The van der Waals surface area contributed by atoms with Gasteiger partial charge in [0, 0.05) is 48.7 Å². The van der Waals surface area contributed by atoms with Crippen molar-refractivity contribution < 1.29 is 14.4 Å². The minimum Gasteiger partial charge on any atom is -0.384 e. The number of anilines is 2. The van der Waals surface area contributed by atoms with Crippen molar-refractivity contribution in [3.05, 3.63) is 53.2 Å². The van der Waals surface area contributed by atoms with Crippen molar-refractivity contribution in [1.29, 1.82) is 0 Å². The van der Waals surface area contributed by atoms with Crippen molar-refractivity contribution in [1.82, 2.24) is 20.9 Å². The highest BCUT2D eigenvalue weighted by atomic mass is 16.2. The van der Waals surface area contributed by atoms with E-state index in [1.54, 1.807) is 24.4 Å². The van der Waals surface area contributed by atoms with Crippen LogP contribution in [0.15, 0.2) is 36.5 Å². The van der Waals surface area contributed by atoms with Crippen molar-refractivity contribution in [2.75, 3.05) is 29.9 Å². The van der Waals surface area contributed by atoms with Crippen molar-refractivity contribution in [2.24, 2.45) is 17.6 Å². The summed E-state index contributed by atoms with van der Waals surface area (Å²) < 4.78 is 0. The molecule has 224 valence electrons. The van der Waals surface area contributed by atoms with E-state index in [9.17, 15) is 14.4 Å². The highest BCUT2D eigenvalue weighted by molar-refractivity contribution is 6.02. The lowest BCUT2D eigenvalue weighted by Gasteiger charge is -2.40. The number of primary amides is 1. The number of hydrogen-bond acceptors (Lipinski definition) is 7. The molecule has 1 aliphatic carbocycles. The fourth-order valence-electron chi connectivity index (χ4n) is 6.99. The van der Waals surface area contributed by atoms with Crippen LogP contribution in [0.2, 0.25) is 0 Å². The van der Waals surface area contributed by atoms with Gasteiger partial charge in [-0.05, 0) is 93.7 Å². The third kappa shape index (κ3) is 5.82. The number of fused-ring (bicyclic) bond motifs is 2. The van der Waals surface area contributed by atoms with Gasteiger partial charge in [0.25, 0.3) is 17.7 Å². The molecule has 10 nitrogen and oxygen atoms in total. The number of pyridine rings is 1. The minimum atomic E-state index is -0.503. The maximum absolute atomic E-state index is 13.2. The van der Waals surface area contributed by atoms with Crippen LogP contribution in [0.5, 0.6) is 0 Å². The fourth-order valence-corrected chi connectivity index (χ4v) is 6.99. The number of piperidine rings is 1. The van der Waals surface area contributed by atoms with Gasteiger partial charge in [0.05, 0.1) is 16.7 Å². The Hall–Kier alpha value is -3.66. The predicted molar refractivity (Wildman–Crippen MR) is 163 cm³/mol. The Morgan fingerprint density at radius 1 is 1.05 bits per heavy atom. The van der Waals surface area contributed by atoms with Crippen LogP contribution >= 0.6 is 0 Å². The molecule has 42 heavy (non-hydrogen) atoms. The lowest BCUT2D eigenvalue weighted by molar-refractivity contribution is 0.0876. The maximum atomic E-state index is 13.2. The Kier molecular flexibility index (Phi) is 7.83. The van der Waals surface area contributed by atoms with Gasteiger partial charge in [-0.25, -0.2) is 4.98 Å². The summed E-state index contributed by atoms with van der Waals surface area (Å²) in [6, 6.07) is 9.52. The molecule has 2 aromatic rings. The normalized spacial score (nSPS) is 26.7. The molecule has 0 spiro atoms. The monoisotopic (exact) mass is 573 g/mol.